The summed E-state index contributed by atoms with van der Waals surface area (Å²) in [5.74, 6) is 0.495. The van der Waals surface area contributed by atoms with Gasteiger partial charge >= 0.3 is 6.18 Å². The molecule has 7 rings (SSSR count). The van der Waals surface area contributed by atoms with Gasteiger partial charge < -0.3 is 15.1 Å². The number of nitrogens with zero attached hydrogens (tertiary/aromatic N) is 5. The first kappa shape index (κ1) is 44.2. The minimum absolute atomic E-state index is 0.0223. The number of aromatic nitrogens is 2. The molecule has 1 fully saturated rings. The minimum Gasteiger partial charge on any atom is -0.381 e. The molecule has 61 heavy (non-hydrogen) atoms. The van der Waals surface area contributed by atoms with Crippen LogP contribution in [0.15, 0.2) is 131 Å². The highest BCUT2D eigenvalue weighted by molar-refractivity contribution is 7.99. The van der Waals surface area contributed by atoms with Crippen molar-refractivity contribution in [2.45, 2.75) is 48.8 Å². The zero-order valence-electron chi connectivity index (χ0n) is 34.1. The highest BCUT2D eigenvalue weighted by Crippen LogP contribution is 2.38. The first-order valence-electron chi connectivity index (χ1n) is 20.4. The van der Waals surface area contributed by atoms with Crippen molar-refractivity contribution in [3.05, 3.63) is 138 Å². The number of nitrogens with one attached hydrogen (secondary N) is 2. The van der Waals surface area contributed by atoms with Gasteiger partial charge in [-0.3, -0.25) is 9.62 Å². The van der Waals surface area contributed by atoms with Gasteiger partial charge in [-0.1, -0.05) is 80.0 Å². The molecule has 1 aliphatic heterocycles. The first-order chi connectivity index (χ1) is 29.4. The van der Waals surface area contributed by atoms with Crippen LogP contribution in [-0.2, 0) is 22.7 Å². The molecule has 0 bridgehead atoms. The monoisotopic (exact) mass is 887 g/mol. The molecule has 1 saturated heterocycles. The zero-order chi connectivity index (χ0) is 43.0. The van der Waals surface area contributed by atoms with Crippen molar-refractivity contribution >= 4 is 61.5 Å². The predicted molar refractivity (Wildman–Crippen MR) is 243 cm³/mol. The van der Waals surface area contributed by atoms with Crippen molar-refractivity contribution in [1.29, 1.82) is 0 Å². The average Bonchev–Trinajstić information content (AvgIpc) is 3.26. The number of hydrogen-bond donors (Lipinski definition) is 2. The summed E-state index contributed by atoms with van der Waals surface area (Å²) in [6, 6.07) is 34.3. The van der Waals surface area contributed by atoms with Gasteiger partial charge in [-0.25, -0.2) is 18.4 Å². The standard InChI is InChI=1S/C46H49ClF3N7O2S2/c1-3-55(4-2)23-22-36(31-60-38-11-6-5-7-12-38)53-43-21-19-39(29-42(43)46(48,49)50)61(58,59)54-45-41-20-18-37(28-44(41)51-32-52-45)57-26-24-56(25-27-57)30-34-10-8-9-13-40(34)33-14-16-35(47)17-15-33/h5-21,28-29,32,36,53H,3-4,22-27,30-31H2,1-2H3,(H,51,52,54)/t36-/m1/s1. The van der Waals surface area contributed by atoms with Crippen LogP contribution < -0.4 is 14.9 Å². The molecule has 15 heteroatoms. The van der Waals surface area contributed by atoms with E-state index in [4.69, 9.17) is 11.6 Å². The Labute approximate surface area is 365 Å². The fourth-order valence-corrected chi connectivity index (χ4v) is 9.72. The van der Waals surface area contributed by atoms with Crippen LogP contribution in [0.4, 0.5) is 30.4 Å². The number of hydrogen-bond acceptors (Lipinski definition) is 9. The molecular weight excluding hydrogens is 839 g/mol. The number of sulfonamides is 1. The topological polar surface area (TPSA) is 93.7 Å². The fraction of sp³-hybridized carbons (Fsp3) is 0.304. The van der Waals surface area contributed by atoms with Crippen LogP contribution >= 0.6 is 23.4 Å². The van der Waals surface area contributed by atoms with E-state index in [1.807, 2.05) is 72.8 Å². The molecule has 1 aromatic heterocycles. The van der Waals surface area contributed by atoms with E-state index in [1.165, 1.54) is 29.6 Å². The average molecular weight is 889 g/mol. The summed E-state index contributed by atoms with van der Waals surface area (Å²) in [5.41, 5.74) is 3.73. The van der Waals surface area contributed by atoms with Crippen molar-refractivity contribution in [2.24, 2.45) is 0 Å². The molecule has 2 N–H and O–H groups in total. The predicted octanol–water partition coefficient (Wildman–Crippen LogP) is 10.4. The molecule has 0 unspecified atom stereocenters. The van der Waals surface area contributed by atoms with E-state index in [1.54, 1.807) is 17.8 Å². The normalized spacial score (nSPS) is 14.4. The summed E-state index contributed by atoms with van der Waals surface area (Å²) < 4.78 is 74.0. The third kappa shape index (κ3) is 11.3. The summed E-state index contributed by atoms with van der Waals surface area (Å²) >= 11 is 7.70. The second-order valence-electron chi connectivity index (χ2n) is 14.9. The largest absolute Gasteiger partial charge is 0.418 e. The molecule has 0 spiro atoms. The SMILES string of the molecule is CCN(CC)CC[C@H](CSc1ccccc1)Nc1ccc(S(=O)(=O)Nc2ncnc3cc(N4CCN(Cc5ccccc5-c5ccc(Cl)cc5)CC4)ccc23)cc1C(F)(F)F. The van der Waals surface area contributed by atoms with Crippen molar-refractivity contribution in [3.63, 3.8) is 0 Å². The summed E-state index contributed by atoms with van der Waals surface area (Å²) in [6.45, 7) is 10.5. The third-order valence-electron chi connectivity index (χ3n) is 11.0. The van der Waals surface area contributed by atoms with Gasteiger partial charge in [0.1, 0.15) is 6.33 Å². The first-order valence-corrected chi connectivity index (χ1v) is 23.2. The highest BCUT2D eigenvalue weighted by Gasteiger charge is 2.36. The molecule has 1 aliphatic rings. The molecule has 0 amide bonds. The molecular formula is C46H49ClF3N7O2S2. The molecule has 0 radical (unpaired) electrons. The molecule has 320 valence electrons. The maximum atomic E-state index is 14.7. The summed E-state index contributed by atoms with van der Waals surface area (Å²) in [6.07, 6.45) is -2.98. The van der Waals surface area contributed by atoms with Crippen LogP contribution in [0, 0.1) is 0 Å². The van der Waals surface area contributed by atoms with E-state index in [0.717, 1.165) is 62.0 Å². The van der Waals surface area contributed by atoms with Crippen LogP contribution in [0.1, 0.15) is 31.4 Å². The number of thioether (sulfide) groups is 1. The van der Waals surface area contributed by atoms with Gasteiger partial charge in [0.05, 0.1) is 16.0 Å². The number of halogens is 4. The molecule has 9 nitrogen and oxygen atoms in total. The van der Waals surface area contributed by atoms with Gasteiger partial charge in [-0.05, 0) is 96.9 Å². The maximum absolute atomic E-state index is 14.7. The Kier molecular flexibility index (Phi) is 14.4. The van der Waals surface area contributed by atoms with Crippen LogP contribution in [-0.4, -0.2) is 85.8 Å². The lowest BCUT2D eigenvalue weighted by atomic mass is 9.99. The minimum atomic E-state index is -4.82. The van der Waals surface area contributed by atoms with Gasteiger partial charge in [0.2, 0.25) is 0 Å². The van der Waals surface area contributed by atoms with Gasteiger partial charge in [-0.2, -0.15) is 13.2 Å². The van der Waals surface area contributed by atoms with E-state index in [2.05, 4.69) is 66.8 Å². The molecule has 1 atom stereocenters. The summed E-state index contributed by atoms with van der Waals surface area (Å²) in [5, 5.41) is 4.25. The number of rotatable bonds is 17. The molecule has 0 aliphatic carbocycles. The van der Waals surface area contributed by atoms with Gasteiger partial charge in [0.25, 0.3) is 10.0 Å². The van der Waals surface area contributed by atoms with Crippen LogP contribution in [0.2, 0.25) is 5.02 Å². The third-order valence-corrected chi connectivity index (χ3v) is 13.8. The Bertz CT molecular complexity index is 2500. The fourth-order valence-electron chi connectivity index (χ4n) is 7.54. The Morgan fingerprint density at radius 1 is 0.852 bits per heavy atom. The molecule has 5 aromatic carbocycles. The van der Waals surface area contributed by atoms with E-state index in [9.17, 15) is 21.6 Å². The van der Waals surface area contributed by atoms with E-state index >= 15 is 0 Å². The van der Waals surface area contributed by atoms with Crippen molar-refractivity contribution in [3.8, 4) is 11.1 Å². The molecule has 6 aromatic rings. The number of piperazine rings is 1. The van der Waals surface area contributed by atoms with Crippen molar-refractivity contribution in [2.75, 3.05) is 66.5 Å². The lowest BCUT2D eigenvalue weighted by Crippen LogP contribution is -2.46. The van der Waals surface area contributed by atoms with Crippen LogP contribution in [0.3, 0.4) is 0 Å². The Morgan fingerprint density at radius 3 is 2.30 bits per heavy atom. The van der Waals surface area contributed by atoms with Crippen molar-refractivity contribution in [1.82, 2.24) is 19.8 Å². The lowest BCUT2D eigenvalue weighted by Gasteiger charge is -2.36. The molecule has 0 saturated carbocycles. The zero-order valence-corrected chi connectivity index (χ0v) is 36.5. The van der Waals surface area contributed by atoms with Crippen LogP contribution in [0.5, 0.6) is 0 Å². The van der Waals surface area contributed by atoms with Gasteiger partial charge in [0, 0.05) is 77.7 Å². The number of fused-ring (bicyclic) bond motifs is 1. The quantitative estimate of drug-likeness (QED) is 0.0869. The maximum Gasteiger partial charge on any atom is 0.418 e. The lowest BCUT2D eigenvalue weighted by molar-refractivity contribution is -0.137. The Hall–Kier alpha value is -4.86. The van der Waals surface area contributed by atoms with E-state index < -0.39 is 26.7 Å². The highest BCUT2D eigenvalue weighted by atomic mass is 35.5. The van der Waals surface area contributed by atoms with E-state index in [-0.39, 0.29) is 17.5 Å². The second-order valence-corrected chi connectivity index (χ2v) is 18.2. The second kappa shape index (κ2) is 19.9. The Morgan fingerprint density at radius 2 is 1.57 bits per heavy atom. The molecule has 2 heterocycles. The Balaban J connectivity index is 1.04. The summed E-state index contributed by atoms with van der Waals surface area (Å²) in [7, 11) is -4.49. The van der Waals surface area contributed by atoms with Gasteiger partial charge in [-0.15, -0.1) is 11.8 Å². The number of benzene rings is 5. The smallest absolute Gasteiger partial charge is 0.381 e. The van der Waals surface area contributed by atoms with Crippen LogP contribution in [0.25, 0.3) is 22.0 Å². The number of anilines is 3. The van der Waals surface area contributed by atoms with Gasteiger partial charge in [0.15, 0.2) is 5.82 Å². The van der Waals surface area contributed by atoms with Crippen molar-refractivity contribution < 1.29 is 21.6 Å². The van der Waals surface area contributed by atoms with E-state index in [0.29, 0.717) is 40.7 Å². The summed E-state index contributed by atoms with van der Waals surface area (Å²) in [4.78, 5) is 16.0. The number of alkyl halides is 3.